The van der Waals surface area contributed by atoms with E-state index in [1.54, 1.807) is 0 Å². The Bertz CT molecular complexity index is 508. The number of nitrogens with zero attached hydrogens (tertiary/aromatic N) is 2. The fourth-order valence-electron chi connectivity index (χ4n) is 1.49. The van der Waals surface area contributed by atoms with E-state index in [1.165, 1.54) is 25.1 Å². The third-order valence-corrected chi connectivity index (χ3v) is 2.81. The van der Waals surface area contributed by atoms with Gasteiger partial charge in [0, 0.05) is 11.6 Å². The number of rotatable bonds is 4. The first-order valence-corrected chi connectivity index (χ1v) is 5.20. The second-order valence-electron chi connectivity index (χ2n) is 3.41. The fraction of sp³-hybridized carbons (Fsp3) is 0.273. The zero-order chi connectivity index (χ0) is 13.0. The third-order valence-electron chi connectivity index (χ3n) is 2.27. The van der Waals surface area contributed by atoms with E-state index >= 15 is 0 Å². The molecule has 0 fully saturated rings. The molecule has 1 unspecified atom stereocenters. The van der Waals surface area contributed by atoms with Crippen LogP contribution in [0.2, 0.25) is 0 Å². The number of carbonyl (C=O) groups excluding carboxylic acids is 1. The molecule has 0 aliphatic heterocycles. The number of Topliss-reactive ketones (excluding diaryl/α,β-unsaturated/α-hetero) is 1. The molecule has 0 aliphatic carbocycles. The van der Waals surface area contributed by atoms with Crippen molar-refractivity contribution in [2.24, 2.45) is 0 Å². The quantitative estimate of drug-likeness (QED) is 0.468. The topological polar surface area (TPSA) is 84.0 Å². The van der Waals surface area contributed by atoms with Crippen molar-refractivity contribution in [3.05, 3.63) is 39.4 Å². The van der Waals surface area contributed by atoms with Gasteiger partial charge in [-0.25, -0.2) is 0 Å². The summed E-state index contributed by atoms with van der Waals surface area (Å²) in [6.07, 6.45) is -0.150. The van der Waals surface area contributed by atoms with Crippen LogP contribution in [-0.4, -0.2) is 10.7 Å². The highest BCUT2D eigenvalue weighted by Crippen LogP contribution is 2.31. The van der Waals surface area contributed by atoms with Crippen molar-refractivity contribution >= 4 is 23.1 Å². The summed E-state index contributed by atoms with van der Waals surface area (Å²) in [6, 6.07) is 6.11. The predicted octanol–water partition coefficient (Wildman–Crippen LogP) is 2.53. The molecule has 0 aliphatic rings. The Morgan fingerprint density at radius 2 is 2.29 bits per heavy atom. The van der Waals surface area contributed by atoms with Crippen LogP contribution < -0.4 is 0 Å². The van der Waals surface area contributed by atoms with E-state index in [1.807, 2.05) is 6.07 Å². The molecule has 0 saturated carbocycles. The SMILES string of the molecule is CC(=O)C(Cl)c1cccc([N+](=O)[O-])c1CC#N. The largest absolute Gasteiger partial charge is 0.298 e. The second kappa shape index (κ2) is 5.41. The van der Waals surface area contributed by atoms with Crippen LogP contribution in [-0.2, 0) is 11.2 Å². The fourth-order valence-corrected chi connectivity index (χ4v) is 1.70. The minimum absolute atomic E-state index is 0.150. The standard InChI is InChI=1S/C11H9ClN2O3/c1-7(15)11(12)9-3-2-4-10(14(16)17)8(9)5-6-13/h2-4,11H,5H2,1H3. The molecule has 0 amide bonds. The Balaban J connectivity index is 3.40. The molecule has 1 aromatic carbocycles. The summed E-state index contributed by atoms with van der Waals surface area (Å²) >= 11 is 5.88. The number of benzene rings is 1. The van der Waals surface area contributed by atoms with Gasteiger partial charge < -0.3 is 0 Å². The summed E-state index contributed by atoms with van der Waals surface area (Å²) in [5.41, 5.74) is 0.348. The minimum Gasteiger partial charge on any atom is -0.298 e. The number of ketones is 1. The zero-order valence-electron chi connectivity index (χ0n) is 9.01. The molecule has 88 valence electrons. The maximum atomic E-state index is 11.2. The molecule has 17 heavy (non-hydrogen) atoms. The lowest BCUT2D eigenvalue weighted by Gasteiger charge is -2.10. The highest BCUT2D eigenvalue weighted by molar-refractivity contribution is 6.31. The van der Waals surface area contributed by atoms with Crippen molar-refractivity contribution < 1.29 is 9.72 Å². The van der Waals surface area contributed by atoms with Crippen molar-refractivity contribution in [2.75, 3.05) is 0 Å². The van der Waals surface area contributed by atoms with Crippen LogP contribution in [0.1, 0.15) is 23.4 Å². The number of hydrogen-bond donors (Lipinski definition) is 0. The predicted molar refractivity (Wildman–Crippen MR) is 61.7 cm³/mol. The van der Waals surface area contributed by atoms with Gasteiger partial charge in [-0.3, -0.25) is 14.9 Å². The number of halogens is 1. The van der Waals surface area contributed by atoms with E-state index in [-0.39, 0.29) is 23.5 Å². The van der Waals surface area contributed by atoms with Gasteiger partial charge >= 0.3 is 0 Å². The molecule has 1 atom stereocenters. The van der Waals surface area contributed by atoms with Crippen molar-refractivity contribution in [3.8, 4) is 6.07 Å². The molecule has 0 bridgehead atoms. The molecular weight excluding hydrogens is 244 g/mol. The lowest BCUT2D eigenvalue weighted by atomic mass is 9.98. The number of carbonyl (C=O) groups is 1. The third kappa shape index (κ3) is 2.80. The lowest BCUT2D eigenvalue weighted by Crippen LogP contribution is -2.07. The molecule has 5 nitrogen and oxygen atoms in total. The molecule has 0 spiro atoms. The Labute approximate surface area is 103 Å². The van der Waals surface area contributed by atoms with Gasteiger partial charge in [0.25, 0.3) is 5.69 Å². The molecule has 1 aromatic rings. The summed E-state index contributed by atoms with van der Waals surface area (Å²) in [6.45, 7) is 1.30. The lowest BCUT2D eigenvalue weighted by molar-refractivity contribution is -0.385. The van der Waals surface area contributed by atoms with Crippen LogP contribution in [0.25, 0.3) is 0 Å². The van der Waals surface area contributed by atoms with E-state index in [0.717, 1.165) is 0 Å². The first-order chi connectivity index (χ1) is 7.99. The van der Waals surface area contributed by atoms with Gasteiger partial charge in [0.1, 0.15) is 5.38 Å². The Kier molecular flexibility index (Phi) is 4.18. The molecule has 0 aromatic heterocycles. The van der Waals surface area contributed by atoms with Gasteiger partial charge in [0.15, 0.2) is 5.78 Å². The normalized spacial score (nSPS) is 11.6. The number of nitro benzene ring substituents is 1. The highest BCUT2D eigenvalue weighted by Gasteiger charge is 2.23. The summed E-state index contributed by atoms with van der Waals surface area (Å²) < 4.78 is 0. The van der Waals surface area contributed by atoms with Gasteiger partial charge in [0.05, 0.1) is 17.4 Å². The molecule has 0 saturated heterocycles. The average Bonchev–Trinajstić information content (AvgIpc) is 2.28. The van der Waals surface area contributed by atoms with Crippen molar-refractivity contribution in [2.45, 2.75) is 18.7 Å². The number of alkyl halides is 1. The summed E-state index contributed by atoms with van der Waals surface area (Å²) in [5.74, 6) is -0.314. The van der Waals surface area contributed by atoms with Gasteiger partial charge in [-0.15, -0.1) is 11.6 Å². The van der Waals surface area contributed by atoms with E-state index in [9.17, 15) is 14.9 Å². The number of nitriles is 1. The maximum absolute atomic E-state index is 11.2. The van der Waals surface area contributed by atoms with Gasteiger partial charge in [-0.05, 0) is 12.5 Å². The summed E-state index contributed by atoms with van der Waals surface area (Å²) in [7, 11) is 0. The van der Waals surface area contributed by atoms with Crippen LogP contribution in [0, 0.1) is 21.4 Å². The maximum Gasteiger partial charge on any atom is 0.273 e. The minimum atomic E-state index is -0.960. The van der Waals surface area contributed by atoms with Crippen LogP contribution in [0.4, 0.5) is 5.69 Å². The van der Waals surface area contributed by atoms with E-state index in [2.05, 4.69) is 0 Å². The molecular formula is C11H9ClN2O3. The molecule has 0 radical (unpaired) electrons. The zero-order valence-corrected chi connectivity index (χ0v) is 9.77. The first kappa shape index (κ1) is 13.1. The number of hydrogen-bond acceptors (Lipinski definition) is 4. The van der Waals surface area contributed by atoms with Gasteiger partial charge in [-0.2, -0.15) is 5.26 Å². The van der Waals surface area contributed by atoms with E-state index in [4.69, 9.17) is 16.9 Å². The van der Waals surface area contributed by atoms with Gasteiger partial charge in [0.2, 0.25) is 0 Å². The van der Waals surface area contributed by atoms with Crippen molar-refractivity contribution in [1.29, 1.82) is 5.26 Å². The Morgan fingerprint density at radius 3 is 2.76 bits per heavy atom. The smallest absolute Gasteiger partial charge is 0.273 e. The second-order valence-corrected chi connectivity index (χ2v) is 3.85. The summed E-state index contributed by atoms with van der Waals surface area (Å²) in [5, 5.41) is 18.5. The van der Waals surface area contributed by atoms with Crippen LogP contribution in [0.15, 0.2) is 18.2 Å². The van der Waals surface area contributed by atoms with Crippen molar-refractivity contribution in [3.63, 3.8) is 0 Å². The summed E-state index contributed by atoms with van der Waals surface area (Å²) in [4.78, 5) is 21.4. The number of nitro groups is 1. The molecule has 6 heteroatoms. The van der Waals surface area contributed by atoms with Crippen LogP contribution >= 0.6 is 11.6 Å². The molecule has 1 rings (SSSR count). The van der Waals surface area contributed by atoms with Crippen LogP contribution in [0.5, 0.6) is 0 Å². The monoisotopic (exact) mass is 252 g/mol. The van der Waals surface area contributed by atoms with E-state index in [0.29, 0.717) is 5.56 Å². The van der Waals surface area contributed by atoms with Crippen molar-refractivity contribution in [1.82, 2.24) is 0 Å². The highest BCUT2D eigenvalue weighted by atomic mass is 35.5. The van der Waals surface area contributed by atoms with E-state index < -0.39 is 10.3 Å². The molecule has 0 heterocycles. The molecule has 0 N–H and O–H groups in total. The Morgan fingerprint density at radius 1 is 1.65 bits per heavy atom. The Hall–Kier alpha value is -1.93. The van der Waals surface area contributed by atoms with Gasteiger partial charge in [-0.1, -0.05) is 12.1 Å². The first-order valence-electron chi connectivity index (χ1n) is 4.76. The average molecular weight is 253 g/mol. The van der Waals surface area contributed by atoms with Crippen LogP contribution in [0.3, 0.4) is 0 Å².